The minimum absolute atomic E-state index is 0.275. The molecule has 1 rings (SSSR count). The molecule has 14 heavy (non-hydrogen) atoms. The van der Waals surface area contributed by atoms with E-state index >= 15 is 0 Å². The average molecular weight is 211 g/mol. The Kier molecular flexibility index (Phi) is 2.83. The number of hydrogen-bond acceptors (Lipinski definition) is 4. The zero-order chi connectivity index (χ0) is 10.8. The fraction of sp³-hybridized carbons (Fsp3) is 0.571. The van der Waals surface area contributed by atoms with E-state index in [9.17, 15) is 4.79 Å². The molecule has 1 heterocycles. The van der Waals surface area contributed by atoms with Gasteiger partial charge < -0.3 is 0 Å². The van der Waals surface area contributed by atoms with Crippen molar-refractivity contribution in [3.8, 4) is 0 Å². The van der Waals surface area contributed by atoms with Gasteiger partial charge in [-0.15, -0.1) is 5.10 Å². The quantitative estimate of drug-likeness (QED) is 0.405. The minimum Gasteiger partial charge on any atom is -0.286 e. The van der Waals surface area contributed by atoms with Crippen LogP contribution in [0.3, 0.4) is 0 Å². The predicted octanol–water partition coefficient (Wildman–Crippen LogP) is 2.29. The molecule has 0 fully saturated rings. The smallest absolute Gasteiger partial charge is 0.262 e. The van der Waals surface area contributed by atoms with E-state index in [-0.39, 0.29) is 5.41 Å². The van der Waals surface area contributed by atoms with Crippen molar-refractivity contribution in [1.82, 2.24) is 9.59 Å². The highest BCUT2D eigenvalue weighted by molar-refractivity contribution is 7.08. The highest BCUT2D eigenvalue weighted by Crippen LogP contribution is 2.26. The third-order valence-electron chi connectivity index (χ3n) is 1.53. The maximum atomic E-state index is 11.3. The first-order valence-electron chi connectivity index (χ1n) is 3.89. The molecule has 0 aromatic carbocycles. The van der Waals surface area contributed by atoms with Crippen LogP contribution in [0.25, 0.3) is 10.4 Å². The van der Waals surface area contributed by atoms with Crippen LogP contribution in [0.4, 0.5) is 0 Å². The van der Waals surface area contributed by atoms with Gasteiger partial charge in [0.2, 0.25) is 0 Å². The van der Waals surface area contributed by atoms with E-state index < -0.39 is 5.91 Å². The lowest BCUT2D eigenvalue weighted by molar-refractivity contribution is 0.100. The van der Waals surface area contributed by atoms with Crippen LogP contribution in [0.2, 0.25) is 0 Å². The molecule has 1 amide bonds. The molecule has 1 aromatic heterocycles. The lowest BCUT2D eigenvalue weighted by Crippen LogP contribution is -2.15. The molecule has 0 saturated heterocycles. The van der Waals surface area contributed by atoms with Gasteiger partial charge in [0, 0.05) is 10.3 Å². The summed E-state index contributed by atoms with van der Waals surface area (Å²) < 4.78 is 3.68. The first-order valence-corrected chi connectivity index (χ1v) is 4.66. The Morgan fingerprint density at radius 1 is 1.57 bits per heavy atom. The van der Waals surface area contributed by atoms with Crippen LogP contribution in [0.1, 0.15) is 36.1 Å². The van der Waals surface area contributed by atoms with Crippen molar-refractivity contribution in [3.63, 3.8) is 0 Å². The standard InChI is InChI=1S/C7H9N5OS/c1-7(2,3)5-4(14-12-9-5)6(13)10-11-8/h1-3H3. The largest absolute Gasteiger partial charge is 0.286 e. The van der Waals surface area contributed by atoms with Crippen LogP contribution in [0, 0.1) is 0 Å². The maximum absolute atomic E-state index is 11.3. The van der Waals surface area contributed by atoms with E-state index in [1.165, 1.54) is 0 Å². The van der Waals surface area contributed by atoms with Crippen molar-refractivity contribution in [1.29, 1.82) is 0 Å². The summed E-state index contributed by atoms with van der Waals surface area (Å²) in [6, 6.07) is 0. The van der Waals surface area contributed by atoms with E-state index in [1.807, 2.05) is 20.8 Å². The average Bonchev–Trinajstić information content (AvgIpc) is 2.50. The number of aromatic nitrogens is 2. The van der Waals surface area contributed by atoms with Crippen molar-refractivity contribution >= 4 is 17.4 Å². The highest BCUT2D eigenvalue weighted by Gasteiger charge is 2.25. The van der Waals surface area contributed by atoms with Gasteiger partial charge in [0.05, 0.1) is 5.69 Å². The number of nitrogens with zero attached hydrogens (tertiary/aromatic N) is 5. The van der Waals surface area contributed by atoms with Crippen LogP contribution in [-0.2, 0) is 5.41 Å². The Bertz CT molecular complexity index is 398. The second kappa shape index (κ2) is 3.73. The van der Waals surface area contributed by atoms with Crippen molar-refractivity contribution in [2.24, 2.45) is 5.11 Å². The summed E-state index contributed by atoms with van der Waals surface area (Å²) in [7, 11) is 0. The molecule has 0 aliphatic carbocycles. The van der Waals surface area contributed by atoms with Crippen LogP contribution in [0.5, 0.6) is 0 Å². The SMILES string of the molecule is CC(C)(C)c1nnsc1C(=O)N=[N+]=[N-]. The van der Waals surface area contributed by atoms with Gasteiger partial charge in [-0.05, 0) is 22.2 Å². The second-order valence-corrected chi connectivity index (χ2v) is 4.45. The van der Waals surface area contributed by atoms with Gasteiger partial charge in [0.25, 0.3) is 5.91 Å². The summed E-state index contributed by atoms with van der Waals surface area (Å²) >= 11 is 0.949. The monoisotopic (exact) mass is 211 g/mol. The molecular formula is C7H9N5OS. The highest BCUT2D eigenvalue weighted by atomic mass is 32.1. The number of rotatable bonds is 1. The number of amides is 1. The van der Waals surface area contributed by atoms with E-state index in [0.29, 0.717) is 10.6 Å². The first-order chi connectivity index (χ1) is 6.46. The molecule has 1 aromatic rings. The summed E-state index contributed by atoms with van der Waals surface area (Å²) in [4.78, 5) is 14.0. The van der Waals surface area contributed by atoms with E-state index in [2.05, 4.69) is 19.6 Å². The van der Waals surface area contributed by atoms with Gasteiger partial charge in [-0.3, -0.25) is 4.79 Å². The summed E-state index contributed by atoms with van der Waals surface area (Å²) in [5.74, 6) is -0.618. The molecule has 0 unspecified atom stereocenters. The number of carbonyl (C=O) groups excluding carboxylic acids is 1. The van der Waals surface area contributed by atoms with Crippen molar-refractivity contribution in [2.45, 2.75) is 26.2 Å². The second-order valence-electron chi connectivity index (χ2n) is 3.70. The van der Waals surface area contributed by atoms with Gasteiger partial charge in [0.1, 0.15) is 4.88 Å². The van der Waals surface area contributed by atoms with E-state index in [0.717, 1.165) is 11.5 Å². The summed E-state index contributed by atoms with van der Waals surface area (Å²) in [6.07, 6.45) is 0. The first kappa shape index (κ1) is 10.6. The van der Waals surface area contributed by atoms with Crippen molar-refractivity contribution < 1.29 is 4.79 Å². The fourth-order valence-corrected chi connectivity index (χ4v) is 1.66. The van der Waals surface area contributed by atoms with Gasteiger partial charge in [-0.2, -0.15) is 0 Å². The number of hydrogen-bond donors (Lipinski definition) is 0. The summed E-state index contributed by atoms with van der Waals surface area (Å²) in [5.41, 5.74) is 8.43. The normalized spacial score (nSPS) is 10.8. The summed E-state index contributed by atoms with van der Waals surface area (Å²) in [5, 5.41) is 6.87. The Morgan fingerprint density at radius 2 is 2.21 bits per heavy atom. The Hall–Kier alpha value is -1.46. The molecule has 0 aliphatic rings. The van der Waals surface area contributed by atoms with Crippen LogP contribution < -0.4 is 0 Å². The van der Waals surface area contributed by atoms with Gasteiger partial charge in [0.15, 0.2) is 0 Å². The van der Waals surface area contributed by atoms with Crippen molar-refractivity contribution in [3.05, 3.63) is 21.0 Å². The van der Waals surface area contributed by atoms with Crippen LogP contribution >= 0.6 is 11.5 Å². The Morgan fingerprint density at radius 3 is 2.71 bits per heavy atom. The molecule has 0 spiro atoms. The molecule has 0 atom stereocenters. The molecular weight excluding hydrogens is 202 g/mol. The van der Waals surface area contributed by atoms with Gasteiger partial charge in [-0.1, -0.05) is 25.3 Å². The Labute approximate surface area is 84.7 Å². The van der Waals surface area contributed by atoms with E-state index in [4.69, 9.17) is 5.53 Å². The number of azide groups is 1. The molecule has 7 heteroatoms. The molecule has 0 saturated carbocycles. The lowest BCUT2D eigenvalue weighted by Gasteiger charge is -2.14. The molecule has 6 nitrogen and oxygen atoms in total. The molecule has 0 bridgehead atoms. The maximum Gasteiger partial charge on any atom is 0.262 e. The van der Waals surface area contributed by atoms with Crippen molar-refractivity contribution in [2.75, 3.05) is 0 Å². The minimum atomic E-state index is -0.618. The lowest BCUT2D eigenvalue weighted by atomic mass is 9.91. The zero-order valence-corrected chi connectivity index (χ0v) is 8.87. The molecule has 74 valence electrons. The molecule has 0 radical (unpaired) electrons. The summed E-state index contributed by atoms with van der Waals surface area (Å²) in [6.45, 7) is 5.74. The topological polar surface area (TPSA) is 91.6 Å². The predicted molar refractivity (Wildman–Crippen MR) is 52.1 cm³/mol. The van der Waals surface area contributed by atoms with Crippen LogP contribution in [0.15, 0.2) is 5.11 Å². The molecule has 0 aliphatic heterocycles. The number of carbonyl (C=O) groups is 1. The van der Waals surface area contributed by atoms with Gasteiger partial charge in [-0.25, -0.2) is 0 Å². The van der Waals surface area contributed by atoms with Crippen LogP contribution in [-0.4, -0.2) is 15.5 Å². The Balaban J connectivity index is 3.17. The van der Waals surface area contributed by atoms with Gasteiger partial charge >= 0.3 is 0 Å². The zero-order valence-electron chi connectivity index (χ0n) is 8.05. The molecule has 0 N–H and O–H groups in total. The van der Waals surface area contributed by atoms with E-state index in [1.54, 1.807) is 0 Å². The third kappa shape index (κ3) is 2.07. The third-order valence-corrected chi connectivity index (χ3v) is 2.24. The fourth-order valence-electron chi connectivity index (χ4n) is 0.908.